The van der Waals surface area contributed by atoms with E-state index in [0.717, 1.165) is 28.1 Å². The highest BCUT2D eigenvalue weighted by Gasteiger charge is 2.34. The molecule has 118 valence electrons. The van der Waals surface area contributed by atoms with Crippen LogP contribution in [0.25, 0.3) is 0 Å². The Labute approximate surface area is 142 Å². The number of benzene rings is 1. The van der Waals surface area contributed by atoms with Gasteiger partial charge in [-0.25, -0.2) is 0 Å². The zero-order chi connectivity index (χ0) is 16.2. The standard InChI is InChI=1S/C15H15N5OS2/c1-2-17-14-18-19-15(23-14)22-12-7-8-20(13(12)21)11-5-3-10(9-16)4-6-11/h3-6,12H,2,7-8H2,1H3,(H,17,18)/t12-/m0/s1. The van der Waals surface area contributed by atoms with Crippen LogP contribution in [0.5, 0.6) is 0 Å². The number of hydrogen-bond acceptors (Lipinski definition) is 7. The van der Waals surface area contributed by atoms with E-state index in [-0.39, 0.29) is 11.2 Å². The summed E-state index contributed by atoms with van der Waals surface area (Å²) in [7, 11) is 0. The summed E-state index contributed by atoms with van der Waals surface area (Å²) in [5.41, 5.74) is 1.43. The van der Waals surface area contributed by atoms with Gasteiger partial charge in [-0.3, -0.25) is 4.79 Å². The number of aromatic nitrogens is 2. The molecule has 0 aliphatic carbocycles. The highest BCUT2D eigenvalue weighted by molar-refractivity contribution is 8.02. The van der Waals surface area contributed by atoms with Crippen molar-refractivity contribution in [3.8, 4) is 6.07 Å². The predicted molar refractivity (Wildman–Crippen MR) is 91.8 cm³/mol. The molecule has 1 aliphatic heterocycles. The number of carbonyl (C=O) groups excluding carboxylic acids is 1. The zero-order valence-corrected chi connectivity index (χ0v) is 14.2. The van der Waals surface area contributed by atoms with Crippen molar-refractivity contribution >= 4 is 39.8 Å². The minimum absolute atomic E-state index is 0.0832. The summed E-state index contributed by atoms with van der Waals surface area (Å²) < 4.78 is 0.806. The van der Waals surface area contributed by atoms with Crippen molar-refractivity contribution in [1.82, 2.24) is 10.2 Å². The monoisotopic (exact) mass is 345 g/mol. The summed E-state index contributed by atoms with van der Waals surface area (Å²) in [4.78, 5) is 14.3. The van der Waals surface area contributed by atoms with Crippen LogP contribution >= 0.6 is 23.1 Å². The lowest BCUT2D eigenvalue weighted by Crippen LogP contribution is -2.27. The van der Waals surface area contributed by atoms with Gasteiger partial charge in [-0.2, -0.15) is 5.26 Å². The number of nitrogens with zero attached hydrogens (tertiary/aromatic N) is 4. The van der Waals surface area contributed by atoms with Crippen LogP contribution in [0.4, 0.5) is 10.8 Å². The van der Waals surface area contributed by atoms with E-state index < -0.39 is 0 Å². The van der Waals surface area contributed by atoms with Gasteiger partial charge in [-0.05, 0) is 37.6 Å². The Balaban J connectivity index is 1.67. The SMILES string of the molecule is CCNc1nnc(S[C@H]2CCN(c3ccc(C#N)cc3)C2=O)s1. The molecule has 3 rings (SSSR count). The lowest BCUT2D eigenvalue weighted by Gasteiger charge is -2.16. The van der Waals surface area contributed by atoms with Crippen LogP contribution in [0.2, 0.25) is 0 Å². The van der Waals surface area contributed by atoms with Crippen molar-refractivity contribution in [3.05, 3.63) is 29.8 Å². The number of anilines is 2. The molecule has 2 aromatic rings. The molecule has 23 heavy (non-hydrogen) atoms. The smallest absolute Gasteiger partial charge is 0.240 e. The first-order valence-electron chi connectivity index (χ1n) is 7.27. The maximum absolute atomic E-state index is 12.6. The molecule has 1 atom stereocenters. The number of carbonyl (C=O) groups is 1. The van der Waals surface area contributed by atoms with Crippen LogP contribution in [0.15, 0.2) is 28.6 Å². The number of rotatable bonds is 5. The number of nitrogens with one attached hydrogen (secondary N) is 1. The van der Waals surface area contributed by atoms with Crippen LogP contribution in [-0.2, 0) is 4.79 Å². The first kappa shape index (κ1) is 15.8. The van der Waals surface area contributed by atoms with Crippen molar-refractivity contribution in [2.45, 2.75) is 22.9 Å². The van der Waals surface area contributed by atoms with E-state index in [1.54, 1.807) is 17.0 Å². The fourth-order valence-corrected chi connectivity index (χ4v) is 4.44. The molecule has 0 bridgehead atoms. The van der Waals surface area contributed by atoms with E-state index in [9.17, 15) is 4.79 Å². The lowest BCUT2D eigenvalue weighted by atomic mass is 10.2. The Bertz CT molecular complexity index is 737. The number of nitriles is 1. The quantitative estimate of drug-likeness (QED) is 0.897. The van der Waals surface area contributed by atoms with Crippen molar-refractivity contribution in [2.75, 3.05) is 23.3 Å². The molecule has 0 spiro atoms. The van der Waals surface area contributed by atoms with Gasteiger partial charge in [-0.15, -0.1) is 10.2 Å². The Morgan fingerprint density at radius 3 is 2.91 bits per heavy atom. The normalized spacial score (nSPS) is 17.3. The minimum Gasteiger partial charge on any atom is -0.360 e. The van der Waals surface area contributed by atoms with E-state index >= 15 is 0 Å². The van der Waals surface area contributed by atoms with Crippen LogP contribution in [0, 0.1) is 11.3 Å². The van der Waals surface area contributed by atoms with Crippen molar-refractivity contribution in [2.24, 2.45) is 0 Å². The molecule has 1 fully saturated rings. The molecule has 8 heteroatoms. The Morgan fingerprint density at radius 1 is 1.43 bits per heavy atom. The molecule has 2 heterocycles. The van der Waals surface area contributed by atoms with Gasteiger partial charge in [0.15, 0.2) is 4.34 Å². The third-order valence-corrected chi connectivity index (χ3v) is 5.66. The van der Waals surface area contributed by atoms with Crippen molar-refractivity contribution in [3.63, 3.8) is 0 Å². The second kappa shape index (κ2) is 6.98. The second-order valence-corrected chi connectivity index (χ2v) is 7.37. The molecule has 1 aliphatic rings. The molecule has 1 saturated heterocycles. The predicted octanol–water partition coefficient (Wildman–Crippen LogP) is 2.74. The third-order valence-electron chi connectivity index (χ3n) is 3.44. The van der Waals surface area contributed by atoms with E-state index in [2.05, 4.69) is 21.6 Å². The molecule has 1 aromatic heterocycles. The fourth-order valence-electron chi connectivity index (χ4n) is 2.34. The lowest BCUT2D eigenvalue weighted by molar-refractivity contribution is -0.116. The van der Waals surface area contributed by atoms with Gasteiger partial charge in [0.25, 0.3) is 0 Å². The van der Waals surface area contributed by atoms with Crippen LogP contribution in [0.1, 0.15) is 18.9 Å². The van der Waals surface area contributed by atoms with Gasteiger partial charge in [-0.1, -0.05) is 23.1 Å². The van der Waals surface area contributed by atoms with Gasteiger partial charge in [0.05, 0.1) is 16.9 Å². The first-order chi connectivity index (χ1) is 11.2. The Kier molecular flexibility index (Phi) is 4.79. The molecular weight excluding hydrogens is 330 g/mol. The average molecular weight is 345 g/mol. The second-order valence-electron chi connectivity index (χ2n) is 4.95. The van der Waals surface area contributed by atoms with Crippen LogP contribution in [0.3, 0.4) is 0 Å². The first-order valence-corrected chi connectivity index (χ1v) is 8.96. The summed E-state index contributed by atoms with van der Waals surface area (Å²) >= 11 is 2.94. The molecule has 1 aromatic carbocycles. The molecule has 1 amide bonds. The summed E-state index contributed by atoms with van der Waals surface area (Å²) in [6.45, 7) is 3.49. The maximum Gasteiger partial charge on any atom is 0.240 e. The molecular formula is C15H15N5OS2. The topological polar surface area (TPSA) is 81.9 Å². The fraction of sp³-hybridized carbons (Fsp3) is 0.333. The zero-order valence-electron chi connectivity index (χ0n) is 12.5. The van der Waals surface area contributed by atoms with Crippen molar-refractivity contribution in [1.29, 1.82) is 5.26 Å². The van der Waals surface area contributed by atoms with E-state index in [0.29, 0.717) is 12.1 Å². The number of amides is 1. The van der Waals surface area contributed by atoms with Crippen LogP contribution in [-0.4, -0.2) is 34.4 Å². The molecule has 0 saturated carbocycles. The third kappa shape index (κ3) is 3.46. The van der Waals surface area contributed by atoms with E-state index in [1.807, 2.05) is 19.1 Å². The average Bonchev–Trinajstić information content (AvgIpc) is 3.16. The number of thioether (sulfide) groups is 1. The van der Waals surface area contributed by atoms with Gasteiger partial charge in [0.1, 0.15) is 0 Å². The largest absolute Gasteiger partial charge is 0.360 e. The van der Waals surface area contributed by atoms with Gasteiger partial charge < -0.3 is 10.2 Å². The molecule has 0 unspecified atom stereocenters. The Morgan fingerprint density at radius 2 is 2.22 bits per heavy atom. The van der Waals surface area contributed by atoms with Gasteiger partial charge in [0.2, 0.25) is 11.0 Å². The summed E-state index contributed by atoms with van der Waals surface area (Å²) in [5.74, 6) is 0.0832. The minimum atomic E-state index is -0.131. The summed E-state index contributed by atoms with van der Waals surface area (Å²) in [6.07, 6.45) is 0.777. The molecule has 6 nitrogen and oxygen atoms in total. The van der Waals surface area contributed by atoms with Crippen molar-refractivity contribution < 1.29 is 4.79 Å². The maximum atomic E-state index is 12.6. The highest BCUT2D eigenvalue weighted by Crippen LogP contribution is 2.35. The van der Waals surface area contributed by atoms with E-state index in [4.69, 9.17) is 5.26 Å². The van der Waals surface area contributed by atoms with Crippen LogP contribution < -0.4 is 10.2 Å². The van der Waals surface area contributed by atoms with Gasteiger partial charge >= 0.3 is 0 Å². The van der Waals surface area contributed by atoms with Gasteiger partial charge in [0, 0.05) is 18.8 Å². The summed E-state index contributed by atoms with van der Waals surface area (Å²) in [6, 6.07) is 9.18. The summed E-state index contributed by atoms with van der Waals surface area (Å²) in [5, 5.41) is 20.8. The van der Waals surface area contributed by atoms with E-state index in [1.165, 1.54) is 23.1 Å². The molecule has 1 N–H and O–H groups in total. The molecule has 0 radical (unpaired) electrons. The number of hydrogen-bond donors (Lipinski definition) is 1. The highest BCUT2D eigenvalue weighted by atomic mass is 32.2. The Hall–Kier alpha value is -2.11.